The zero-order valence-corrected chi connectivity index (χ0v) is 10.8. The van der Waals surface area contributed by atoms with E-state index < -0.39 is 12.4 Å². The van der Waals surface area contributed by atoms with Crippen LogP contribution in [0.3, 0.4) is 0 Å². The van der Waals surface area contributed by atoms with Crippen molar-refractivity contribution >= 4 is 0 Å². The van der Waals surface area contributed by atoms with E-state index in [-0.39, 0.29) is 18.3 Å². The third-order valence-corrected chi connectivity index (χ3v) is 3.59. The van der Waals surface area contributed by atoms with Gasteiger partial charge in [-0.3, -0.25) is 0 Å². The Labute approximate surface area is 112 Å². The summed E-state index contributed by atoms with van der Waals surface area (Å²) >= 11 is 0. The van der Waals surface area contributed by atoms with Gasteiger partial charge in [-0.05, 0) is 5.56 Å². The summed E-state index contributed by atoms with van der Waals surface area (Å²) in [7, 11) is 1.51. The number of benzene rings is 1. The first-order chi connectivity index (χ1) is 9.29. The van der Waals surface area contributed by atoms with E-state index in [1.807, 2.05) is 30.3 Å². The van der Waals surface area contributed by atoms with Crippen LogP contribution in [-0.2, 0) is 25.6 Å². The molecular formula is C14H18O5. The van der Waals surface area contributed by atoms with Crippen LogP contribution in [0.5, 0.6) is 0 Å². The number of aliphatic hydroxyl groups is 1. The molecule has 0 saturated carbocycles. The van der Waals surface area contributed by atoms with Gasteiger partial charge >= 0.3 is 0 Å². The summed E-state index contributed by atoms with van der Waals surface area (Å²) in [6.07, 6.45) is -2.25. The molecule has 2 bridgehead atoms. The van der Waals surface area contributed by atoms with Gasteiger partial charge in [0.2, 0.25) is 0 Å². The molecule has 1 aromatic rings. The van der Waals surface area contributed by atoms with Crippen molar-refractivity contribution in [3.05, 3.63) is 35.9 Å². The highest BCUT2D eigenvalue weighted by Gasteiger charge is 2.51. The van der Waals surface area contributed by atoms with Gasteiger partial charge in [0, 0.05) is 7.11 Å². The van der Waals surface area contributed by atoms with E-state index in [0.29, 0.717) is 13.2 Å². The summed E-state index contributed by atoms with van der Waals surface area (Å²) in [4.78, 5) is 0. The molecule has 0 amide bonds. The molecular weight excluding hydrogens is 248 g/mol. The first-order valence-electron chi connectivity index (χ1n) is 6.43. The van der Waals surface area contributed by atoms with Gasteiger partial charge in [-0.2, -0.15) is 0 Å². The van der Waals surface area contributed by atoms with E-state index in [2.05, 4.69) is 0 Å². The predicted molar refractivity (Wildman–Crippen MR) is 66.4 cm³/mol. The van der Waals surface area contributed by atoms with Crippen molar-refractivity contribution < 1.29 is 24.1 Å². The maximum atomic E-state index is 10.1. The topological polar surface area (TPSA) is 57.2 Å². The maximum Gasteiger partial charge on any atom is 0.186 e. The molecule has 5 heteroatoms. The molecule has 2 heterocycles. The van der Waals surface area contributed by atoms with Crippen molar-refractivity contribution in [3.8, 4) is 0 Å². The Morgan fingerprint density at radius 3 is 2.84 bits per heavy atom. The van der Waals surface area contributed by atoms with Gasteiger partial charge in [-0.25, -0.2) is 0 Å². The van der Waals surface area contributed by atoms with E-state index in [4.69, 9.17) is 18.9 Å². The van der Waals surface area contributed by atoms with Gasteiger partial charge < -0.3 is 24.1 Å². The van der Waals surface area contributed by atoms with Crippen LogP contribution in [0, 0.1) is 0 Å². The van der Waals surface area contributed by atoms with Crippen LogP contribution in [0.4, 0.5) is 0 Å². The van der Waals surface area contributed by atoms with Gasteiger partial charge in [-0.15, -0.1) is 0 Å². The van der Waals surface area contributed by atoms with Crippen LogP contribution in [0.15, 0.2) is 30.3 Å². The van der Waals surface area contributed by atoms with Crippen molar-refractivity contribution in [2.45, 2.75) is 37.3 Å². The summed E-state index contributed by atoms with van der Waals surface area (Å²) < 4.78 is 22.1. The smallest absolute Gasteiger partial charge is 0.186 e. The largest absolute Gasteiger partial charge is 0.385 e. The van der Waals surface area contributed by atoms with Crippen molar-refractivity contribution in [3.63, 3.8) is 0 Å². The fourth-order valence-corrected chi connectivity index (χ4v) is 2.59. The fraction of sp³-hybridized carbons (Fsp3) is 0.571. The standard InChI is InChI=1S/C14H18O5/c1-16-14-11(15)13-12(10(19-14)8-18-13)17-7-9-5-3-2-4-6-9/h2-6,10-15H,7-8H2,1H3/t10-,11-,12+,13-,14+/m0/s1. The second kappa shape index (κ2) is 5.56. The average molecular weight is 266 g/mol. The molecule has 0 radical (unpaired) electrons. The van der Waals surface area contributed by atoms with Crippen LogP contribution in [0.1, 0.15) is 5.56 Å². The van der Waals surface area contributed by atoms with Gasteiger partial charge in [0.25, 0.3) is 0 Å². The zero-order chi connectivity index (χ0) is 13.2. The number of rotatable bonds is 4. The number of hydrogen-bond donors (Lipinski definition) is 1. The molecule has 2 aliphatic rings. The zero-order valence-electron chi connectivity index (χ0n) is 10.8. The van der Waals surface area contributed by atoms with Crippen LogP contribution in [0.2, 0.25) is 0 Å². The first-order valence-corrected chi connectivity index (χ1v) is 6.43. The number of fused-ring (bicyclic) bond motifs is 2. The maximum absolute atomic E-state index is 10.1. The lowest BCUT2D eigenvalue weighted by atomic mass is 10.0. The van der Waals surface area contributed by atoms with Crippen molar-refractivity contribution in [2.24, 2.45) is 0 Å². The number of aliphatic hydroxyl groups excluding tert-OH is 1. The summed E-state index contributed by atoms with van der Waals surface area (Å²) in [5.41, 5.74) is 1.09. The van der Waals surface area contributed by atoms with E-state index in [1.165, 1.54) is 7.11 Å². The van der Waals surface area contributed by atoms with E-state index >= 15 is 0 Å². The van der Waals surface area contributed by atoms with Crippen LogP contribution in [0.25, 0.3) is 0 Å². The van der Waals surface area contributed by atoms with Crippen molar-refractivity contribution in [1.29, 1.82) is 0 Å². The highest BCUT2D eigenvalue weighted by molar-refractivity contribution is 5.13. The second-order valence-corrected chi connectivity index (χ2v) is 4.83. The van der Waals surface area contributed by atoms with Crippen molar-refractivity contribution in [2.75, 3.05) is 13.7 Å². The third kappa shape index (κ3) is 2.52. The van der Waals surface area contributed by atoms with Crippen LogP contribution >= 0.6 is 0 Å². The normalized spacial score (nSPS) is 37.5. The average Bonchev–Trinajstić information content (AvgIpc) is 2.77. The molecule has 0 spiro atoms. The summed E-state index contributed by atoms with van der Waals surface area (Å²) in [6.45, 7) is 0.913. The highest BCUT2D eigenvalue weighted by atomic mass is 16.7. The second-order valence-electron chi connectivity index (χ2n) is 4.83. The summed E-state index contributed by atoms with van der Waals surface area (Å²) in [5, 5.41) is 10.1. The van der Waals surface area contributed by atoms with Crippen LogP contribution < -0.4 is 0 Å². The Kier molecular flexibility index (Phi) is 3.81. The van der Waals surface area contributed by atoms with Gasteiger partial charge in [0.05, 0.1) is 13.2 Å². The van der Waals surface area contributed by atoms with Gasteiger partial charge in [0.1, 0.15) is 24.4 Å². The Hall–Kier alpha value is -0.980. The quantitative estimate of drug-likeness (QED) is 0.869. The lowest BCUT2D eigenvalue weighted by molar-refractivity contribution is -0.261. The lowest BCUT2D eigenvalue weighted by Gasteiger charge is -2.36. The molecule has 3 rings (SSSR count). The molecule has 19 heavy (non-hydrogen) atoms. The van der Waals surface area contributed by atoms with Gasteiger partial charge in [-0.1, -0.05) is 30.3 Å². The SMILES string of the molecule is CO[C@@H]1O[C@H]2CO[C@@H]([C@@H]1O)[C@@H]2OCc1ccccc1. The lowest BCUT2D eigenvalue weighted by Crippen LogP contribution is -2.54. The minimum Gasteiger partial charge on any atom is -0.385 e. The Bertz CT molecular complexity index is 410. The summed E-state index contributed by atoms with van der Waals surface area (Å²) in [5.74, 6) is 0. The Morgan fingerprint density at radius 1 is 1.32 bits per heavy atom. The molecule has 2 aliphatic heterocycles. The van der Waals surface area contributed by atoms with E-state index in [9.17, 15) is 5.11 Å². The molecule has 1 aromatic carbocycles. The predicted octanol–water partition coefficient (Wildman–Crippen LogP) is 0.703. The molecule has 0 aliphatic carbocycles. The molecule has 104 valence electrons. The first kappa shape index (κ1) is 13.0. The molecule has 5 atom stereocenters. The van der Waals surface area contributed by atoms with Gasteiger partial charge in [0.15, 0.2) is 6.29 Å². The monoisotopic (exact) mass is 266 g/mol. The van der Waals surface area contributed by atoms with E-state index in [0.717, 1.165) is 5.56 Å². The Morgan fingerprint density at radius 2 is 2.11 bits per heavy atom. The number of methoxy groups -OCH3 is 1. The fourth-order valence-electron chi connectivity index (χ4n) is 2.59. The van der Waals surface area contributed by atoms with Crippen LogP contribution in [-0.4, -0.2) is 49.5 Å². The van der Waals surface area contributed by atoms with Crippen molar-refractivity contribution in [1.82, 2.24) is 0 Å². The molecule has 2 saturated heterocycles. The minimum atomic E-state index is -0.815. The Balaban J connectivity index is 1.63. The highest BCUT2D eigenvalue weighted by Crippen LogP contribution is 2.32. The molecule has 0 unspecified atom stereocenters. The molecule has 2 fully saturated rings. The summed E-state index contributed by atoms with van der Waals surface area (Å²) in [6, 6.07) is 9.91. The number of ether oxygens (including phenoxy) is 4. The van der Waals surface area contributed by atoms with E-state index in [1.54, 1.807) is 0 Å². The minimum absolute atomic E-state index is 0.179. The molecule has 5 nitrogen and oxygen atoms in total. The molecule has 1 N–H and O–H groups in total. The third-order valence-electron chi connectivity index (χ3n) is 3.59. The molecule has 0 aromatic heterocycles. The number of hydrogen-bond acceptors (Lipinski definition) is 5.